The molecule has 1 aromatic heterocycles. The quantitative estimate of drug-likeness (QED) is 0.726. The maximum atomic E-state index is 3.78. The van der Waals surface area contributed by atoms with Gasteiger partial charge in [0.05, 0.1) is 0 Å². The Hall–Kier alpha value is -0.890. The van der Waals surface area contributed by atoms with Gasteiger partial charge in [-0.25, -0.2) is 0 Å². The molecule has 2 heteroatoms. The summed E-state index contributed by atoms with van der Waals surface area (Å²) in [6, 6.07) is 5.72. The predicted molar refractivity (Wildman–Crippen MR) is 66.9 cm³/mol. The van der Waals surface area contributed by atoms with Crippen molar-refractivity contribution in [1.29, 1.82) is 0 Å². The van der Waals surface area contributed by atoms with Gasteiger partial charge in [-0.05, 0) is 38.1 Å². The summed E-state index contributed by atoms with van der Waals surface area (Å²) in [5.74, 6) is 0. The van der Waals surface area contributed by atoms with Gasteiger partial charge in [-0.1, -0.05) is 32.8 Å². The minimum atomic E-state index is 1.20. The molecule has 1 heterocycles. The lowest BCUT2D eigenvalue weighted by Crippen LogP contribution is -2.15. The Morgan fingerprint density at radius 2 is 1.40 bits per heavy atom. The highest BCUT2D eigenvalue weighted by atomic mass is 14.8. The number of hydrogen-bond donors (Lipinski definition) is 1. The second-order valence-corrected chi connectivity index (χ2v) is 3.48. The van der Waals surface area contributed by atoms with Gasteiger partial charge in [0.2, 0.25) is 0 Å². The van der Waals surface area contributed by atoms with Gasteiger partial charge in [0, 0.05) is 12.4 Å². The molecule has 0 spiro atoms. The molecule has 1 rings (SSSR count). The molecule has 0 aliphatic heterocycles. The maximum Gasteiger partial charge on any atom is 0.0267 e. The van der Waals surface area contributed by atoms with Gasteiger partial charge in [0.25, 0.3) is 0 Å². The highest BCUT2D eigenvalue weighted by Gasteiger charge is 1.83. The van der Waals surface area contributed by atoms with E-state index < -0.39 is 0 Å². The summed E-state index contributed by atoms with van der Waals surface area (Å²) < 4.78 is 0. The third-order valence-corrected chi connectivity index (χ3v) is 1.98. The molecule has 0 fully saturated rings. The Morgan fingerprint density at radius 1 is 0.867 bits per heavy atom. The van der Waals surface area contributed by atoms with Gasteiger partial charge in [0.15, 0.2) is 0 Å². The van der Waals surface area contributed by atoms with E-state index in [4.69, 9.17) is 0 Å². The zero-order valence-corrected chi connectivity index (χ0v) is 10.1. The molecule has 0 amide bonds. The Balaban J connectivity index is 0.000000280. The number of nitrogens with zero attached hydrogens (tertiary/aromatic N) is 1. The molecule has 0 atom stereocenters. The van der Waals surface area contributed by atoms with Crippen molar-refractivity contribution in [2.75, 3.05) is 13.1 Å². The molecule has 0 bridgehead atoms. The smallest absolute Gasteiger partial charge is 0.0267 e. The van der Waals surface area contributed by atoms with Crippen molar-refractivity contribution in [2.45, 2.75) is 39.5 Å². The molecule has 0 aromatic carbocycles. The van der Waals surface area contributed by atoms with E-state index in [1.807, 2.05) is 18.2 Å². The van der Waals surface area contributed by atoms with Gasteiger partial charge in [-0.15, -0.1) is 0 Å². The standard InChI is InChI=1S/C8H19N.C5H5N/c1-3-5-7-9-8-6-4-2;1-2-4-6-5-3-1/h9H,3-8H2,1-2H3;1-5H. The van der Waals surface area contributed by atoms with E-state index >= 15 is 0 Å². The van der Waals surface area contributed by atoms with Crippen molar-refractivity contribution >= 4 is 0 Å². The molecule has 2 nitrogen and oxygen atoms in total. The summed E-state index contributed by atoms with van der Waals surface area (Å²) in [7, 11) is 0. The fourth-order valence-corrected chi connectivity index (χ4v) is 1.04. The second kappa shape index (κ2) is 13.1. The lowest BCUT2D eigenvalue weighted by atomic mass is 10.3. The third-order valence-electron chi connectivity index (χ3n) is 1.98. The summed E-state index contributed by atoms with van der Waals surface area (Å²) in [5, 5.41) is 3.39. The van der Waals surface area contributed by atoms with Crippen LogP contribution in [0.1, 0.15) is 39.5 Å². The molecule has 0 saturated carbocycles. The van der Waals surface area contributed by atoms with Crippen LogP contribution < -0.4 is 5.32 Å². The average molecular weight is 208 g/mol. The third kappa shape index (κ3) is 13.1. The van der Waals surface area contributed by atoms with Crippen molar-refractivity contribution < 1.29 is 0 Å². The average Bonchev–Trinajstić information content (AvgIpc) is 2.32. The van der Waals surface area contributed by atoms with Crippen LogP contribution in [0.3, 0.4) is 0 Å². The summed E-state index contributed by atoms with van der Waals surface area (Å²) in [6.07, 6.45) is 8.76. The first kappa shape index (κ1) is 14.1. The highest BCUT2D eigenvalue weighted by Crippen LogP contribution is 1.85. The Labute approximate surface area is 94.1 Å². The lowest BCUT2D eigenvalue weighted by molar-refractivity contribution is 0.611. The van der Waals surface area contributed by atoms with Crippen molar-refractivity contribution in [3.05, 3.63) is 30.6 Å². The van der Waals surface area contributed by atoms with Crippen molar-refractivity contribution in [2.24, 2.45) is 0 Å². The minimum absolute atomic E-state index is 1.20. The van der Waals surface area contributed by atoms with Crippen LogP contribution in [0.4, 0.5) is 0 Å². The number of rotatable bonds is 6. The maximum absolute atomic E-state index is 3.78. The van der Waals surface area contributed by atoms with E-state index in [1.54, 1.807) is 12.4 Å². The van der Waals surface area contributed by atoms with E-state index in [2.05, 4.69) is 24.1 Å². The summed E-state index contributed by atoms with van der Waals surface area (Å²) in [6.45, 7) is 6.86. The molecule has 0 aliphatic rings. The van der Waals surface area contributed by atoms with Crippen LogP contribution in [-0.2, 0) is 0 Å². The van der Waals surface area contributed by atoms with Crippen LogP contribution in [0.25, 0.3) is 0 Å². The zero-order valence-electron chi connectivity index (χ0n) is 10.1. The molecule has 1 aromatic rings. The molecular formula is C13H24N2. The first-order valence-electron chi connectivity index (χ1n) is 5.97. The highest BCUT2D eigenvalue weighted by molar-refractivity contribution is 4.88. The number of hydrogen-bond acceptors (Lipinski definition) is 2. The fraction of sp³-hybridized carbons (Fsp3) is 0.615. The number of nitrogens with one attached hydrogen (secondary N) is 1. The summed E-state index contributed by atoms with van der Waals surface area (Å²) in [4.78, 5) is 3.78. The molecule has 15 heavy (non-hydrogen) atoms. The molecule has 0 aliphatic carbocycles. The van der Waals surface area contributed by atoms with E-state index in [0.29, 0.717) is 0 Å². The molecule has 0 radical (unpaired) electrons. The Bertz CT molecular complexity index is 154. The molecular weight excluding hydrogens is 184 g/mol. The van der Waals surface area contributed by atoms with Crippen LogP contribution in [0.5, 0.6) is 0 Å². The normalized spacial score (nSPS) is 9.20. The predicted octanol–water partition coefficient (Wildman–Crippen LogP) is 3.26. The van der Waals surface area contributed by atoms with Crippen LogP contribution in [0, 0.1) is 0 Å². The molecule has 86 valence electrons. The topological polar surface area (TPSA) is 24.9 Å². The fourth-order valence-electron chi connectivity index (χ4n) is 1.04. The second-order valence-electron chi connectivity index (χ2n) is 3.48. The summed E-state index contributed by atoms with van der Waals surface area (Å²) >= 11 is 0. The van der Waals surface area contributed by atoms with Crippen LogP contribution in [0.15, 0.2) is 30.6 Å². The van der Waals surface area contributed by atoms with Gasteiger partial charge in [0.1, 0.15) is 0 Å². The van der Waals surface area contributed by atoms with Crippen LogP contribution in [-0.4, -0.2) is 18.1 Å². The SMILES string of the molecule is CCCCNCCCC.c1ccncc1. The van der Waals surface area contributed by atoms with E-state index in [-0.39, 0.29) is 0 Å². The zero-order chi connectivity index (χ0) is 11.2. The largest absolute Gasteiger partial charge is 0.317 e. The van der Waals surface area contributed by atoms with E-state index in [1.165, 1.54) is 38.8 Å². The van der Waals surface area contributed by atoms with Gasteiger partial charge >= 0.3 is 0 Å². The van der Waals surface area contributed by atoms with Gasteiger partial charge < -0.3 is 5.32 Å². The van der Waals surface area contributed by atoms with E-state index in [0.717, 1.165) is 0 Å². The molecule has 0 unspecified atom stereocenters. The number of aromatic nitrogens is 1. The summed E-state index contributed by atoms with van der Waals surface area (Å²) in [5.41, 5.74) is 0. The number of unbranched alkanes of at least 4 members (excludes halogenated alkanes) is 2. The minimum Gasteiger partial charge on any atom is -0.317 e. The number of pyridine rings is 1. The van der Waals surface area contributed by atoms with Gasteiger partial charge in [-0.3, -0.25) is 4.98 Å². The molecule has 0 saturated heterocycles. The Morgan fingerprint density at radius 3 is 1.67 bits per heavy atom. The first-order valence-corrected chi connectivity index (χ1v) is 5.97. The van der Waals surface area contributed by atoms with Crippen LogP contribution >= 0.6 is 0 Å². The van der Waals surface area contributed by atoms with Crippen LogP contribution in [0.2, 0.25) is 0 Å². The lowest BCUT2D eigenvalue weighted by Gasteiger charge is -1.99. The van der Waals surface area contributed by atoms with E-state index in [9.17, 15) is 0 Å². The van der Waals surface area contributed by atoms with Crippen molar-refractivity contribution in [1.82, 2.24) is 10.3 Å². The Kier molecular flexibility index (Phi) is 12.3. The monoisotopic (exact) mass is 208 g/mol. The van der Waals surface area contributed by atoms with Crippen molar-refractivity contribution in [3.8, 4) is 0 Å². The first-order chi connectivity index (χ1) is 7.41. The van der Waals surface area contributed by atoms with Gasteiger partial charge in [-0.2, -0.15) is 0 Å². The molecule has 1 N–H and O–H groups in total. The van der Waals surface area contributed by atoms with Crippen molar-refractivity contribution in [3.63, 3.8) is 0 Å².